The van der Waals surface area contributed by atoms with Crippen LogP contribution in [0.5, 0.6) is 5.75 Å². The van der Waals surface area contributed by atoms with Gasteiger partial charge in [0.05, 0.1) is 7.11 Å². The molecule has 2 rings (SSSR count). The number of carbonyl (C=O) groups is 1. The lowest BCUT2D eigenvalue weighted by Crippen LogP contribution is -2.13. The number of nitrogen functional groups attached to an aromatic ring is 1. The Balaban J connectivity index is 2.55. The molecule has 124 valence electrons. The molecule has 0 aliphatic heterocycles. The molecule has 2 aromatic rings. The Morgan fingerprint density at radius 2 is 2.04 bits per heavy atom. The second kappa shape index (κ2) is 7.47. The Kier molecular flexibility index (Phi) is 5.38. The van der Waals surface area contributed by atoms with E-state index in [0.29, 0.717) is 16.9 Å². The van der Waals surface area contributed by atoms with E-state index in [9.17, 15) is 10.1 Å². The smallest absolute Gasteiger partial charge is 0.343 e. The maximum absolute atomic E-state index is 11.3. The molecule has 0 amide bonds. The summed E-state index contributed by atoms with van der Waals surface area (Å²) in [4.78, 5) is 15.6. The minimum Gasteiger partial charge on any atom is -0.481 e. The third-order valence-corrected chi connectivity index (χ3v) is 3.52. The molecule has 0 fully saturated rings. The van der Waals surface area contributed by atoms with Gasteiger partial charge in [0.2, 0.25) is 0 Å². The van der Waals surface area contributed by atoms with Gasteiger partial charge in [-0.25, -0.2) is 9.78 Å². The van der Waals surface area contributed by atoms with Crippen molar-refractivity contribution in [3.63, 3.8) is 0 Å². The van der Waals surface area contributed by atoms with Crippen molar-refractivity contribution >= 4 is 11.8 Å². The second-order valence-electron chi connectivity index (χ2n) is 5.48. The number of methoxy groups -OCH3 is 1. The third-order valence-electron chi connectivity index (χ3n) is 3.52. The summed E-state index contributed by atoms with van der Waals surface area (Å²) in [5, 5.41) is 9.45. The Bertz CT molecular complexity index is 795. The van der Waals surface area contributed by atoms with Crippen molar-refractivity contribution in [1.82, 2.24) is 4.98 Å². The van der Waals surface area contributed by atoms with Gasteiger partial charge in [0.15, 0.2) is 6.61 Å². The monoisotopic (exact) mass is 325 g/mol. The fourth-order valence-corrected chi connectivity index (χ4v) is 2.22. The zero-order valence-electron chi connectivity index (χ0n) is 13.9. The third kappa shape index (κ3) is 3.63. The molecule has 0 aliphatic carbocycles. The molecular formula is C18H19N3O3. The van der Waals surface area contributed by atoms with Gasteiger partial charge >= 0.3 is 5.97 Å². The average molecular weight is 325 g/mol. The molecule has 1 aromatic carbocycles. The molecule has 0 atom stereocenters. The lowest BCUT2D eigenvalue weighted by molar-refractivity contribution is -0.142. The highest BCUT2D eigenvalue weighted by molar-refractivity contribution is 5.80. The van der Waals surface area contributed by atoms with Gasteiger partial charge in [-0.05, 0) is 18.1 Å². The molecule has 0 aliphatic rings. The van der Waals surface area contributed by atoms with Crippen LogP contribution in [0, 0.1) is 11.3 Å². The SMILES string of the molecule is COC(=O)COc1ccccc1-c1cc(C(C)C)nc(N)c1C#N. The van der Waals surface area contributed by atoms with Gasteiger partial charge in [0.25, 0.3) is 0 Å². The normalized spacial score (nSPS) is 10.3. The number of nitriles is 1. The van der Waals surface area contributed by atoms with Gasteiger partial charge in [-0.15, -0.1) is 0 Å². The average Bonchev–Trinajstić information content (AvgIpc) is 2.59. The maximum Gasteiger partial charge on any atom is 0.343 e. The van der Waals surface area contributed by atoms with Crippen LogP contribution in [0.3, 0.4) is 0 Å². The summed E-state index contributed by atoms with van der Waals surface area (Å²) in [5.41, 5.74) is 8.33. The Morgan fingerprint density at radius 1 is 1.33 bits per heavy atom. The lowest BCUT2D eigenvalue weighted by atomic mass is 9.97. The van der Waals surface area contributed by atoms with Crippen LogP contribution in [-0.2, 0) is 9.53 Å². The predicted octanol–water partition coefficient (Wildman–Crippen LogP) is 2.88. The minimum absolute atomic E-state index is 0.155. The lowest BCUT2D eigenvalue weighted by Gasteiger charge is -2.15. The number of para-hydroxylation sites is 1. The van der Waals surface area contributed by atoms with Crippen molar-refractivity contribution < 1.29 is 14.3 Å². The molecule has 0 radical (unpaired) electrons. The van der Waals surface area contributed by atoms with E-state index in [0.717, 1.165) is 5.69 Å². The summed E-state index contributed by atoms with van der Waals surface area (Å²) < 4.78 is 10.1. The molecule has 6 heteroatoms. The fourth-order valence-electron chi connectivity index (χ4n) is 2.22. The molecule has 0 spiro atoms. The van der Waals surface area contributed by atoms with Gasteiger partial charge in [0, 0.05) is 16.8 Å². The Hall–Kier alpha value is -3.07. The van der Waals surface area contributed by atoms with Crippen molar-refractivity contribution in [3.8, 4) is 22.9 Å². The van der Waals surface area contributed by atoms with Crippen molar-refractivity contribution in [2.45, 2.75) is 19.8 Å². The van der Waals surface area contributed by atoms with E-state index in [2.05, 4.69) is 15.8 Å². The number of pyridine rings is 1. The van der Waals surface area contributed by atoms with Crippen LogP contribution >= 0.6 is 0 Å². The number of carbonyl (C=O) groups excluding carboxylic acids is 1. The highest BCUT2D eigenvalue weighted by Gasteiger charge is 2.17. The summed E-state index contributed by atoms with van der Waals surface area (Å²) in [6, 6.07) is 11.1. The van der Waals surface area contributed by atoms with Crippen molar-refractivity contribution in [3.05, 3.63) is 41.6 Å². The molecule has 0 saturated heterocycles. The van der Waals surface area contributed by atoms with E-state index < -0.39 is 5.97 Å². The number of nitrogens with two attached hydrogens (primary N) is 1. The number of anilines is 1. The van der Waals surface area contributed by atoms with Crippen LogP contribution in [-0.4, -0.2) is 24.7 Å². The van der Waals surface area contributed by atoms with Crippen LogP contribution in [0.2, 0.25) is 0 Å². The number of hydrogen-bond acceptors (Lipinski definition) is 6. The molecule has 1 aromatic heterocycles. The van der Waals surface area contributed by atoms with E-state index in [4.69, 9.17) is 10.5 Å². The van der Waals surface area contributed by atoms with Gasteiger partial charge < -0.3 is 15.2 Å². The Labute approximate surface area is 140 Å². The number of ether oxygens (including phenoxy) is 2. The standard InChI is InChI=1S/C18H19N3O3/c1-11(2)15-8-13(14(9-19)18(20)21-15)12-6-4-5-7-16(12)24-10-17(22)23-3/h4-8,11H,10H2,1-3H3,(H2,20,21). The summed E-state index contributed by atoms with van der Waals surface area (Å²) in [7, 11) is 1.30. The molecule has 24 heavy (non-hydrogen) atoms. The molecular weight excluding hydrogens is 306 g/mol. The first-order valence-corrected chi connectivity index (χ1v) is 7.47. The summed E-state index contributed by atoms with van der Waals surface area (Å²) in [6.07, 6.45) is 0. The fraction of sp³-hybridized carbons (Fsp3) is 0.278. The highest BCUT2D eigenvalue weighted by Crippen LogP contribution is 2.35. The van der Waals surface area contributed by atoms with Crippen molar-refractivity contribution in [2.75, 3.05) is 19.5 Å². The summed E-state index contributed by atoms with van der Waals surface area (Å²) in [6.45, 7) is 3.78. The van der Waals surface area contributed by atoms with Gasteiger partial charge in [-0.2, -0.15) is 5.26 Å². The van der Waals surface area contributed by atoms with E-state index >= 15 is 0 Å². The molecule has 0 unspecified atom stereocenters. The number of aromatic nitrogens is 1. The zero-order chi connectivity index (χ0) is 17.7. The number of esters is 1. The maximum atomic E-state index is 11.3. The van der Waals surface area contributed by atoms with Crippen molar-refractivity contribution in [2.24, 2.45) is 0 Å². The first kappa shape index (κ1) is 17.3. The predicted molar refractivity (Wildman–Crippen MR) is 90.4 cm³/mol. The topological polar surface area (TPSA) is 98.2 Å². The largest absolute Gasteiger partial charge is 0.481 e. The van der Waals surface area contributed by atoms with E-state index in [1.54, 1.807) is 12.1 Å². The quantitative estimate of drug-likeness (QED) is 0.849. The summed E-state index contributed by atoms with van der Waals surface area (Å²) >= 11 is 0. The van der Waals surface area contributed by atoms with Crippen LogP contribution in [0.25, 0.3) is 11.1 Å². The first-order valence-electron chi connectivity index (χ1n) is 7.47. The zero-order valence-corrected chi connectivity index (χ0v) is 13.9. The molecule has 6 nitrogen and oxygen atoms in total. The van der Waals surface area contributed by atoms with Crippen molar-refractivity contribution in [1.29, 1.82) is 5.26 Å². The number of benzene rings is 1. The van der Waals surface area contributed by atoms with Crippen LogP contribution in [0.15, 0.2) is 30.3 Å². The number of hydrogen-bond donors (Lipinski definition) is 1. The van der Waals surface area contributed by atoms with Gasteiger partial charge in [0.1, 0.15) is 23.2 Å². The van der Waals surface area contributed by atoms with E-state index in [-0.39, 0.29) is 23.9 Å². The molecule has 0 bridgehead atoms. The van der Waals surface area contributed by atoms with Crippen LogP contribution in [0.1, 0.15) is 31.0 Å². The highest BCUT2D eigenvalue weighted by atomic mass is 16.6. The van der Waals surface area contributed by atoms with Gasteiger partial charge in [-0.1, -0.05) is 32.0 Å². The number of nitrogens with zero attached hydrogens (tertiary/aromatic N) is 2. The van der Waals surface area contributed by atoms with Crippen LogP contribution in [0.4, 0.5) is 5.82 Å². The van der Waals surface area contributed by atoms with E-state index in [1.165, 1.54) is 7.11 Å². The molecule has 0 saturated carbocycles. The molecule has 2 N–H and O–H groups in total. The summed E-state index contributed by atoms with van der Waals surface area (Å²) in [5.74, 6) is 0.325. The number of rotatable bonds is 5. The molecule has 1 heterocycles. The van der Waals surface area contributed by atoms with Crippen LogP contribution < -0.4 is 10.5 Å². The second-order valence-corrected chi connectivity index (χ2v) is 5.48. The van der Waals surface area contributed by atoms with E-state index in [1.807, 2.05) is 32.0 Å². The minimum atomic E-state index is -0.484. The van der Waals surface area contributed by atoms with Gasteiger partial charge in [-0.3, -0.25) is 0 Å². The first-order chi connectivity index (χ1) is 11.5. The Morgan fingerprint density at radius 3 is 2.67 bits per heavy atom.